The van der Waals surface area contributed by atoms with Gasteiger partial charge in [0.25, 0.3) is 0 Å². The fourth-order valence-corrected chi connectivity index (χ4v) is 3.41. The van der Waals surface area contributed by atoms with E-state index in [1.807, 2.05) is 55.9 Å². The monoisotopic (exact) mass is 375 g/mol. The van der Waals surface area contributed by atoms with Crippen LogP contribution in [0.2, 0.25) is 5.02 Å². The summed E-state index contributed by atoms with van der Waals surface area (Å²) in [6.07, 6.45) is 7.50. The maximum Gasteiger partial charge on any atom is 0.407 e. The molecule has 0 spiro atoms. The molecule has 1 aromatic heterocycles. The van der Waals surface area contributed by atoms with Crippen molar-refractivity contribution in [2.75, 3.05) is 0 Å². The van der Waals surface area contributed by atoms with E-state index in [1.54, 1.807) is 0 Å². The Balaban J connectivity index is 1.54. The van der Waals surface area contributed by atoms with Gasteiger partial charge in [-0.25, -0.2) is 4.79 Å². The number of alkyl carbamates (subject to hydrolysis) is 1. The lowest BCUT2D eigenvalue weighted by Crippen LogP contribution is -2.41. The number of halogens is 1. The normalized spacial score (nSPS) is 20.6. The highest BCUT2D eigenvalue weighted by Gasteiger charge is 2.26. The highest BCUT2D eigenvalue weighted by Crippen LogP contribution is 2.30. The van der Waals surface area contributed by atoms with Gasteiger partial charge in [-0.2, -0.15) is 5.10 Å². The molecule has 0 atom stereocenters. The molecule has 6 heteroatoms. The van der Waals surface area contributed by atoms with Gasteiger partial charge in [-0.05, 0) is 64.2 Å². The Kier molecular flexibility index (Phi) is 5.56. The van der Waals surface area contributed by atoms with Crippen LogP contribution in [-0.4, -0.2) is 27.5 Å². The summed E-state index contributed by atoms with van der Waals surface area (Å²) in [4.78, 5) is 11.9. The van der Waals surface area contributed by atoms with Crippen molar-refractivity contribution in [3.8, 4) is 11.1 Å². The zero-order valence-corrected chi connectivity index (χ0v) is 16.3. The third-order valence-electron chi connectivity index (χ3n) is 4.57. The number of aromatic nitrogens is 2. The standard InChI is InChI=1S/C20H26ClN3O2/c1-20(2,3)26-19(25)23-17-8-10-18(11-9-17)24-13-15(12-22-24)14-4-6-16(21)7-5-14/h4-7,12-13,17-18H,8-11H2,1-3H3,(H,23,25). The summed E-state index contributed by atoms with van der Waals surface area (Å²) in [5.41, 5.74) is 1.74. The summed E-state index contributed by atoms with van der Waals surface area (Å²) in [6, 6.07) is 8.33. The zero-order chi connectivity index (χ0) is 18.7. The van der Waals surface area contributed by atoms with Crippen LogP contribution in [0.4, 0.5) is 4.79 Å². The molecule has 0 radical (unpaired) electrons. The van der Waals surface area contributed by atoms with Crippen LogP contribution >= 0.6 is 11.6 Å². The van der Waals surface area contributed by atoms with Crippen LogP contribution in [0.25, 0.3) is 11.1 Å². The van der Waals surface area contributed by atoms with E-state index in [0.29, 0.717) is 6.04 Å². The number of hydrogen-bond donors (Lipinski definition) is 1. The number of benzene rings is 1. The van der Waals surface area contributed by atoms with Gasteiger partial charge in [0.15, 0.2) is 0 Å². The quantitative estimate of drug-likeness (QED) is 0.800. The topological polar surface area (TPSA) is 56.1 Å². The molecule has 1 aromatic carbocycles. The first-order valence-electron chi connectivity index (χ1n) is 9.10. The summed E-state index contributed by atoms with van der Waals surface area (Å²) in [5.74, 6) is 0. The lowest BCUT2D eigenvalue weighted by Gasteiger charge is -2.30. The van der Waals surface area contributed by atoms with Crippen LogP contribution in [0.3, 0.4) is 0 Å². The molecule has 0 aliphatic heterocycles. The average Bonchev–Trinajstić information content (AvgIpc) is 3.04. The molecule has 1 saturated carbocycles. The minimum Gasteiger partial charge on any atom is -0.444 e. The number of carbonyl (C=O) groups excluding carboxylic acids is 1. The van der Waals surface area contributed by atoms with E-state index in [9.17, 15) is 4.79 Å². The molecule has 1 aliphatic carbocycles. The predicted molar refractivity (Wildman–Crippen MR) is 103 cm³/mol. The second-order valence-electron chi connectivity index (χ2n) is 7.87. The molecule has 1 fully saturated rings. The number of nitrogens with one attached hydrogen (secondary N) is 1. The van der Waals surface area contributed by atoms with Crippen molar-refractivity contribution in [2.24, 2.45) is 0 Å². The second-order valence-corrected chi connectivity index (χ2v) is 8.30. The van der Waals surface area contributed by atoms with Crippen LogP contribution in [0.15, 0.2) is 36.7 Å². The maximum absolute atomic E-state index is 11.9. The summed E-state index contributed by atoms with van der Waals surface area (Å²) in [6.45, 7) is 5.62. The molecule has 1 N–H and O–H groups in total. The number of rotatable bonds is 3. The van der Waals surface area contributed by atoms with Gasteiger partial charge in [-0.1, -0.05) is 23.7 Å². The van der Waals surface area contributed by atoms with Gasteiger partial charge < -0.3 is 10.1 Å². The summed E-state index contributed by atoms with van der Waals surface area (Å²) < 4.78 is 7.38. The Morgan fingerprint density at radius 2 is 1.81 bits per heavy atom. The molecule has 0 unspecified atom stereocenters. The molecule has 5 nitrogen and oxygen atoms in total. The highest BCUT2D eigenvalue weighted by molar-refractivity contribution is 6.30. The fourth-order valence-electron chi connectivity index (χ4n) is 3.29. The lowest BCUT2D eigenvalue weighted by molar-refractivity contribution is 0.0487. The molecule has 0 bridgehead atoms. The second kappa shape index (κ2) is 7.70. The average molecular weight is 376 g/mol. The first-order valence-corrected chi connectivity index (χ1v) is 9.47. The van der Waals surface area contributed by atoms with E-state index < -0.39 is 5.60 Å². The van der Waals surface area contributed by atoms with Crippen molar-refractivity contribution in [2.45, 2.75) is 64.1 Å². The minimum absolute atomic E-state index is 0.174. The minimum atomic E-state index is -0.464. The van der Waals surface area contributed by atoms with Gasteiger partial charge in [0, 0.05) is 22.8 Å². The zero-order valence-electron chi connectivity index (χ0n) is 15.5. The Bertz CT molecular complexity index is 741. The Morgan fingerprint density at radius 3 is 2.42 bits per heavy atom. The molecule has 1 heterocycles. The number of nitrogens with zero attached hydrogens (tertiary/aromatic N) is 2. The third-order valence-corrected chi connectivity index (χ3v) is 4.82. The van der Waals surface area contributed by atoms with Crippen LogP contribution in [0.5, 0.6) is 0 Å². The first kappa shape index (κ1) is 18.8. The van der Waals surface area contributed by atoms with Gasteiger partial charge in [-0.15, -0.1) is 0 Å². The van der Waals surface area contributed by atoms with Crippen molar-refractivity contribution >= 4 is 17.7 Å². The van der Waals surface area contributed by atoms with Gasteiger partial charge in [0.05, 0.1) is 12.2 Å². The third kappa shape index (κ3) is 5.01. The summed E-state index contributed by atoms with van der Waals surface area (Å²) >= 11 is 5.95. The molecular formula is C20H26ClN3O2. The molecule has 1 aliphatic rings. The molecule has 2 aromatic rings. The van der Waals surface area contributed by atoms with Gasteiger partial charge >= 0.3 is 6.09 Å². The van der Waals surface area contributed by atoms with Crippen molar-refractivity contribution in [3.63, 3.8) is 0 Å². The smallest absolute Gasteiger partial charge is 0.407 e. The molecule has 1 amide bonds. The molecule has 140 valence electrons. The summed E-state index contributed by atoms with van der Waals surface area (Å²) in [7, 11) is 0. The van der Waals surface area contributed by atoms with Gasteiger partial charge in [0.2, 0.25) is 0 Å². The maximum atomic E-state index is 11.9. The first-order chi connectivity index (χ1) is 12.3. The van der Waals surface area contributed by atoms with E-state index in [0.717, 1.165) is 41.8 Å². The van der Waals surface area contributed by atoms with E-state index in [2.05, 4.69) is 16.6 Å². The molecule has 0 saturated heterocycles. The van der Waals surface area contributed by atoms with E-state index in [4.69, 9.17) is 16.3 Å². The van der Waals surface area contributed by atoms with Crippen LogP contribution < -0.4 is 5.32 Å². The Labute approximate surface area is 159 Å². The van der Waals surface area contributed by atoms with Gasteiger partial charge in [-0.3, -0.25) is 4.68 Å². The number of hydrogen-bond acceptors (Lipinski definition) is 3. The number of ether oxygens (including phenoxy) is 1. The summed E-state index contributed by atoms with van der Waals surface area (Å²) in [5, 5.41) is 8.26. The van der Waals surface area contributed by atoms with Crippen molar-refractivity contribution < 1.29 is 9.53 Å². The van der Waals surface area contributed by atoms with Crippen molar-refractivity contribution in [1.82, 2.24) is 15.1 Å². The van der Waals surface area contributed by atoms with Crippen LogP contribution in [0, 0.1) is 0 Å². The van der Waals surface area contributed by atoms with E-state index >= 15 is 0 Å². The van der Waals surface area contributed by atoms with Gasteiger partial charge in [0.1, 0.15) is 5.60 Å². The molecule has 3 rings (SSSR count). The van der Waals surface area contributed by atoms with Crippen molar-refractivity contribution in [3.05, 3.63) is 41.7 Å². The highest BCUT2D eigenvalue weighted by atomic mass is 35.5. The van der Waals surface area contributed by atoms with Crippen molar-refractivity contribution in [1.29, 1.82) is 0 Å². The van der Waals surface area contributed by atoms with E-state index in [-0.39, 0.29) is 12.1 Å². The number of carbonyl (C=O) groups is 1. The molecular weight excluding hydrogens is 350 g/mol. The van der Waals surface area contributed by atoms with E-state index in [1.165, 1.54) is 0 Å². The largest absolute Gasteiger partial charge is 0.444 e. The lowest BCUT2D eigenvalue weighted by atomic mass is 9.91. The Morgan fingerprint density at radius 1 is 1.15 bits per heavy atom. The molecule has 26 heavy (non-hydrogen) atoms. The predicted octanol–water partition coefficient (Wildman–Crippen LogP) is 5.21. The Hall–Kier alpha value is -2.01. The van der Waals surface area contributed by atoms with Crippen LogP contribution in [-0.2, 0) is 4.74 Å². The van der Waals surface area contributed by atoms with Crippen LogP contribution in [0.1, 0.15) is 52.5 Å². The number of amides is 1. The SMILES string of the molecule is CC(C)(C)OC(=O)NC1CCC(n2cc(-c3ccc(Cl)cc3)cn2)CC1. The fraction of sp³-hybridized carbons (Fsp3) is 0.500.